The number of nitrogen functional groups attached to an aromatic ring is 1. The van der Waals surface area contributed by atoms with Crippen LogP contribution in [0.3, 0.4) is 0 Å². The molecule has 3 saturated heterocycles. The molecule has 2 bridgehead atoms. The van der Waals surface area contributed by atoms with Gasteiger partial charge in [0.1, 0.15) is 17.5 Å². The van der Waals surface area contributed by atoms with Gasteiger partial charge in [-0.1, -0.05) is 5.21 Å². The van der Waals surface area contributed by atoms with Crippen LogP contribution in [0.2, 0.25) is 0 Å². The molecule has 9 nitrogen and oxygen atoms in total. The molecule has 3 aromatic heterocycles. The number of aromatic nitrogens is 7. The van der Waals surface area contributed by atoms with Crippen LogP contribution in [0.1, 0.15) is 24.6 Å². The van der Waals surface area contributed by atoms with E-state index in [2.05, 4.69) is 36.4 Å². The van der Waals surface area contributed by atoms with Gasteiger partial charge in [0.15, 0.2) is 11.5 Å². The van der Waals surface area contributed by atoms with Crippen LogP contribution >= 0.6 is 0 Å². The molecule has 0 spiro atoms. The molecule has 0 aromatic carbocycles. The fourth-order valence-electron chi connectivity index (χ4n) is 3.97. The maximum absolute atomic E-state index is 5.84. The highest BCUT2D eigenvalue weighted by molar-refractivity contribution is 5.81. The van der Waals surface area contributed by atoms with E-state index >= 15 is 0 Å². The summed E-state index contributed by atoms with van der Waals surface area (Å²) in [5.74, 6) is 1.13. The van der Waals surface area contributed by atoms with Crippen molar-refractivity contribution in [2.75, 3.05) is 25.4 Å². The molecule has 3 fully saturated rings. The van der Waals surface area contributed by atoms with E-state index in [1.165, 1.54) is 32.3 Å². The van der Waals surface area contributed by atoms with E-state index in [1.807, 2.05) is 9.25 Å². The number of hydrogen-bond donors (Lipinski definition) is 1. The molecular formula is C15H19N9. The van der Waals surface area contributed by atoms with Gasteiger partial charge in [-0.2, -0.15) is 0 Å². The number of imidazole rings is 1. The summed E-state index contributed by atoms with van der Waals surface area (Å²) in [4.78, 5) is 15.1. The molecule has 0 amide bonds. The molecule has 0 aliphatic carbocycles. The first-order chi connectivity index (χ1) is 11.8. The van der Waals surface area contributed by atoms with E-state index in [9.17, 15) is 0 Å². The third-order valence-electron chi connectivity index (χ3n) is 5.28. The lowest BCUT2D eigenvalue weighted by Gasteiger charge is -2.44. The summed E-state index contributed by atoms with van der Waals surface area (Å²) in [7, 11) is 0. The van der Waals surface area contributed by atoms with Crippen molar-refractivity contribution in [1.82, 2.24) is 39.4 Å². The number of rotatable bonds is 3. The highest BCUT2D eigenvalue weighted by Crippen LogP contribution is 2.35. The van der Waals surface area contributed by atoms with Crippen LogP contribution in [0.15, 0.2) is 18.9 Å². The Bertz CT molecular complexity index is 874. The zero-order chi connectivity index (χ0) is 16.1. The van der Waals surface area contributed by atoms with Crippen LogP contribution in [-0.4, -0.2) is 59.0 Å². The third-order valence-corrected chi connectivity index (χ3v) is 5.28. The number of hydrogen-bond acceptors (Lipinski definition) is 7. The summed E-state index contributed by atoms with van der Waals surface area (Å²) in [6, 6.07) is 0.450. The summed E-state index contributed by atoms with van der Waals surface area (Å²) in [5.41, 5.74) is 8.09. The first kappa shape index (κ1) is 13.8. The lowest BCUT2D eigenvalue weighted by molar-refractivity contribution is 0.0503. The average molecular weight is 325 g/mol. The van der Waals surface area contributed by atoms with Crippen molar-refractivity contribution in [2.24, 2.45) is 5.92 Å². The highest BCUT2D eigenvalue weighted by Gasteiger charge is 2.35. The Morgan fingerprint density at radius 1 is 1.17 bits per heavy atom. The van der Waals surface area contributed by atoms with Gasteiger partial charge in [0.2, 0.25) is 0 Å². The van der Waals surface area contributed by atoms with Crippen molar-refractivity contribution in [2.45, 2.75) is 25.4 Å². The quantitative estimate of drug-likeness (QED) is 0.739. The molecule has 6 heterocycles. The number of fused-ring (bicyclic) bond motifs is 4. The molecule has 1 unspecified atom stereocenters. The lowest BCUT2D eigenvalue weighted by atomic mass is 9.84. The van der Waals surface area contributed by atoms with Gasteiger partial charge in [0.05, 0.1) is 25.1 Å². The second-order valence-corrected chi connectivity index (χ2v) is 6.70. The maximum Gasteiger partial charge on any atom is 0.165 e. The van der Waals surface area contributed by atoms with E-state index in [0.29, 0.717) is 23.9 Å². The number of anilines is 1. The van der Waals surface area contributed by atoms with Crippen LogP contribution in [0.5, 0.6) is 0 Å². The predicted molar refractivity (Wildman–Crippen MR) is 87.1 cm³/mol. The zero-order valence-corrected chi connectivity index (χ0v) is 13.3. The molecule has 3 aromatic rings. The summed E-state index contributed by atoms with van der Waals surface area (Å²) in [5, 5.41) is 8.74. The maximum atomic E-state index is 5.84. The monoisotopic (exact) mass is 325 g/mol. The Morgan fingerprint density at radius 3 is 2.83 bits per heavy atom. The van der Waals surface area contributed by atoms with Crippen molar-refractivity contribution in [1.29, 1.82) is 0 Å². The van der Waals surface area contributed by atoms with Crippen LogP contribution in [0.4, 0.5) is 5.82 Å². The number of nitrogens with zero attached hydrogens (tertiary/aromatic N) is 8. The van der Waals surface area contributed by atoms with Crippen LogP contribution in [-0.2, 0) is 6.54 Å². The Labute approximate surface area is 138 Å². The second kappa shape index (κ2) is 5.23. The van der Waals surface area contributed by atoms with Crippen LogP contribution in [0.25, 0.3) is 11.2 Å². The van der Waals surface area contributed by atoms with E-state index in [4.69, 9.17) is 5.73 Å². The molecule has 2 N–H and O–H groups in total. The Kier molecular flexibility index (Phi) is 3.02. The molecule has 124 valence electrons. The van der Waals surface area contributed by atoms with Crippen molar-refractivity contribution in [3.05, 3.63) is 24.5 Å². The third kappa shape index (κ3) is 2.15. The van der Waals surface area contributed by atoms with E-state index in [0.717, 1.165) is 23.8 Å². The summed E-state index contributed by atoms with van der Waals surface area (Å²) < 4.78 is 3.98. The molecule has 0 saturated carbocycles. The van der Waals surface area contributed by atoms with Gasteiger partial charge in [-0.15, -0.1) is 5.10 Å². The average Bonchev–Trinajstić information content (AvgIpc) is 3.25. The van der Waals surface area contributed by atoms with Crippen molar-refractivity contribution >= 4 is 17.0 Å². The van der Waals surface area contributed by atoms with Crippen molar-refractivity contribution < 1.29 is 0 Å². The van der Waals surface area contributed by atoms with Crippen molar-refractivity contribution in [3.63, 3.8) is 0 Å². The second-order valence-electron chi connectivity index (χ2n) is 6.70. The minimum atomic E-state index is 0.398. The molecule has 3 aliphatic rings. The number of piperidine rings is 3. The summed E-state index contributed by atoms with van der Waals surface area (Å²) in [6.45, 7) is 4.12. The van der Waals surface area contributed by atoms with Gasteiger partial charge < -0.3 is 15.2 Å². The van der Waals surface area contributed by atoms with E-state index in [-0.39, 0.29) is 0 Å². The first-order valence-corrected chi connectivity index (χ1v) is 8.32. The van der Waals surface area contributed by atoms with Gasteiger partial charge in [-0.25, -0.2) is 19.6 Å². The highest BCUT2D eigenvalue weighted by atomic mass is 15.4. The van der Waals surface area contributed by atoms with Gasteiger partial charge in [0.25, 0.3) is 0 Å². The minimum absolute atomic E-state index is 0.398. The summed E-state index contributed by atoms with van der Waals surface area (Å²) in [6.07, 6.45) is 7.77. The topological polar surface area (TPSA) is 104 Å². The normalized spacial score (nSPS) is 26.2. The standard InChI is InChI=1S/C15H19N9/c16-14-13-15(18-8-17-14)23(9-19-13)5-11-6-24(21-20-11)12-7-22-3-1-10(12)2-4-22/h6,8-10,12H,1-5,7H2,(H2,16,17,18). The zero-order valence-electron chi connectivity index (χ0n) is 13.3. The van der Waals surface area contributed by atoms with Gasteiger partial charge in [-0.3, -0.25) is 0 Å². The van der Waals surface area contributed by atoms with Crippen LogP contribution < -0.4 is 5.73 Å². The van der Waals surface area contributed by atoms with E-state index < -0.39 is 0 Å². The Morgan fingerprint density at radius 2 is 2.04 bits per heavy atom. The van der Waals surface area contributed by atoms with Gasteiger partial charge in [0, 0.05) is 6.54 Å². The minimum Gasteiger partial charge on any atom is -0.382 e. The molecular weight excluding hydrogens is 306 g/mol. The largest absolute Gasteiger partial charge is 0.382 e. The molecule has 24 heavy (non-hydrogen) atoms. The van der Waals surface area contributed by atoms with Gasteiger partial charge in [-0.05, 0) is 31.8 Å². The summed E-state index contributed by atoms with van der Waals surface area (Å²) >= 11 is 0. The first-order valence-electron chi connectivity index (χ1n) is 8.32. The molecule has 3 aliphatic heterocycles. The predicted octanol–water partition coefficient (Wildman–Crippen LogP) is 0.315. The van der Waals surface area contributed by atoms with Gasteiger partial charge >= 0.3 is 0 Å². The smallest absolute Gasteiger partial charge is 0.165 e. The molecule has 6 rings (SSSR count). The Balaban J connectivity index is 1.40. The fourth-order valence-corrected chi connectivity index (χ4v) is 3.97. The fraction of sp³-hybridized carbons (Fsp3) is 0.533. The lowest BCUT2D eigenvalue weighted by Crippen LogP contribution is -2.48. The van der Waals surface area contributed by atoms with E-state index in [1.54, 1.807) is 6.33 Å². The molecule has 9 heteroatoms. The Hall–Kier alpha value is -2.55. The molecule has 1 atom stereocenters. The molecule has 0 radical (unpaired) electrons. The van der Waals surface area contributed by atoms with Crippen molar-refractivity contribution in [3.8, 4) is 0 Å². The number of nitrogens with two attached hydrogens (primary N) is 1. The van der Waals surface area contributed by atoms with Crippen LogP contribution in [0, 0.1) is 5.92 Å². The SMILES string of the molecule is Nc1ncnc2c1ncn2Cc1cn(C2CN3CCC2CC3)nn1.